The Hall–Kier alpha value is -3.20. The number of anilines is 1. The maximum atomic E-state index is 13.5. The lowest BCUT2D eigenvalue weighted by molar-refractivity contribution is -0.141. The Morgan fingerprint density at radius 3 is 2.54 bits per heavy atom. The zero-order valence-electron chi connectivity index (χ0n) is 20.6. The highest BCUT2D eigenvalue weighted by atomic mass is 35.5. The number of nitrogens with zero attached hydrogens (tertiary/aromatic N) is 3. The third-order valence-electron chi connectivity index (χ3n) is 5.10. The first-order valence-corrected chi connectivity index (χ1v) is 14.0. The highest BCUT2D eigenvalue weighted by Gasteiger charge is 2.37. The van der Waals surface area contributed by atoms with Gasteiger partial charge in [-0.25, -0.2) is 9.67 Å². The van der Waals surface area contributed by atoms with E-state index in [0.29, 0.717) is 16.3 Å². The van der Waals surface area contributed by atoms with Gasteiger partial charge >= 0.3 is 6.18 Å². The minimum atomic E-state index is -4.86. The molecule has 0 aliphatic rings. The van der Waals surface area contributed by atoms with Gasteiger partial charge in [0.1, 0.15) is 5.69 Å². The van der Waals surface area contributed by atoms with Crippen molar-refractivity contribution in [3.8, 4) is 5.82 Å². The predicted octanol–water partition coefficient (Wildman–Crippen LogP) is 4.58. The van der Waals surface area contributed by atoms with Gasteiger partial charge in [0.15, 0.2) is 11.5 Å². The quantitative estimate of drug-likeness (QED) is 0.289. The van der Waals surface area contributed by atoms with Gasteiger partial charge in [-0.2, -0.15) is 18.3 Å². The number of benzene rings is 1. The molecule has 2 heterocycles. The zero-order chi connectivity index (χ0) is 29.0. The third-order valence-corrected chi connectivity index (χ3v) is 6.56. The van der Waals surface area contributed by atoms with Crippen LogP contribution in [0.15, 0.2) is 36.5 Å². The van der Waals surface area contributed by atoms with Crippen LogP contribution in [0.25, 0.3) is 5.82 Å². The lowest BCUT2D eigenvalue weighted by Crippen LogP contribution is -2.29. The largest absolute Gasteiger partial charge is 0.435 e. The number of alkyl halides is 3. The SMILES string of the molecule is Cc1cc(Cl)cc(C(=O)NCCOCCS(C)(=N)=O)c1NC(=O)c1cc(C(F)(F)F)nn1-c1ncccc1Cl. The van der Waals surface area contributed by atoms with Gasteiger partial charge in [-0.15, -0.1) is 0 Å². The number of hydrogen-bond donors (Lipinski definition) is 3. The van der Waals surface area contributed by atoms with Crippen LogP contribution >= 0.6 is 23.2 Å². The second-order valence-electron chi connectivity index (χ2n) is 8.31. The molecule has 2 amide bonds. The maximum absolute atomic E-state index is 13.5. The molecule has 1 aromatic carbocycles. The van der Waals surface area contributed by atoms with Crippen LogP contribution in [0.2, 0.25) is 10.0 Å². The van der Waals surface area contributed by atoms with E-state index in [4.69, 9.17) is 32.7 Å². The molecular weight excluding hydrogens is 584 g/mol. The highest BCUT2D eigenvalue weighted by Crippen LogP contribution is 2.31. The van der Waals surface area contributed by atoms with Crippen LogP contribution in [0.1, 0.15) is 32.1 Å². The molecule has 0 aliphatic heterocycles. The number of nitrogens with one attached hydrogen (secondary N) is 3. The summed E-state index contributed by atoms with van der Waals surface area (Å²) in [5.41, 5.74) is -1.54. The fourth-order valence-electron chi connectivity index (χ4n) is 3.29. The summed E-state index contributed by atoms with van der Waals surface area (Å²) in [5.74, 6) is -1.81. The number of carbonyl (C=O) groups excluding carboxylic acids is 2. The fraction of sp³-hybridized carbons (Fsp3) is 0.304. The monoisotopic (exact) mass is 606 g/mol. The van der Waals surface area contributed by atoms with Crippen LogP contribution < -0.4 is 10.6 Å². The van der Waals surface area contributed by atoms with Gasteiger partial charge in [-0.1, -0.05) is 23.2 Å². The van der Waals surface area contributed by atoms with Gasteiger partial charge in [-0.05, 0) is 36.8 Å². The van der Waals surface area contributed by atoms with Gasteiger partial charge in [0.25, 0.3) is 11.8 Å². The number of ether oxygens (including phenoxy) is 1. The van der Waals surface area contributed by atoms with Gasteiger partial charge in [0, 0.05) is 39.8 Å². The van der Waals surface area contributed by atoms with Gasteiger partial charge in [-0.3, -0.25) is 18.6 Å². The molecule has 1 atom stereocenters. The summed E-state index contributed by atoms with van der Waals surface area (Å²) in [6.07, 6.45) is -2.29. The predicted molar refractivity (Wildman–Crippen MR) is 140 cm³/mol. The van der Waals surface area contributed by atoms with E-state index >= 15 is 0 Å². The lowest BCUT2D eigenvalue weighted by atomic mass is 10.1. The standard InChI is InChI=1S/C23H23Cl2F3N6O4S/c1-13-10-14(24)11-15(21(35)31-6-7-38-8-9-39(2,29)37)19(13)32-22(36)17-12-18(23(26,27)28)33-34(17)20-16(25)4-3-5-30-20/h3-5,10-12,29H,6-9H2,1-2H3,(H,31,35)(H,32,36). The molecule has 39 heavy (non-hydrogen) atoms. The van der Waals surface area contributed by atoms with Gasteiger partial charge in [0.2, 0.25) is 0 Å². The van der Waals surface area contributed by atoms with Crippen molar-refractivity contribution in [3.05, 3.63) is 69.1 Å². The number of aryl methyl sites for hydroxylation is 1. The van der Waals surface area contributed by atoms with E-state index in [9.17, 15) is 27.0 Å². The molecule has 1 unspecified atom stereocenters. The van der Waals surface area contributed by atoms with Crippen LogP contribution in [0.3, 0.4) is 0 Å². The number of aromatic nitrogens is 3. The zero-order valence-corrected chi connectivity index (χ0v) is 22.9. The van der Waals surface area contributed by atoms with Crippen molar-refractivity contribution >= 4 is 50.4 Å². The van der Waals surface area contributed by atoms with E-state index in [1.807, 2.05) is 0 Å². The van der Waals surface area contributed by atoms with E-state index in [0.717, 1.165) is 0 Å². The van der Waals surface area contributed by atoms with Crippen molar-refractivity contribution in [2.75, 3.05) is 37.1 Å². The first kappa shape index (κ1) is 30.3. The second-order valence-corrected chi connectivity index (χ2v) is 11.6. The summed E-state index contributed by atoms with van der Waals surface area (Å²) in [4.78, 5) is 30.1. The van der Waals surface area contributed by atoms with E-state index in [-0.39, 0.29) is 52.6 Å². The maximum Gasteiger partial charge on any atom is 0.435 e. The van der Waals surface area contributed by atoms with Crippen molar-refractivity contribution in [1.82, 2.24) is 20.1 Å². The number of rotatable bonds is 10. The van der Waals surface area contributed by atoms with Gasteiger partial charge in [0.05, 0.1) is 35.2 Å². The van der Waals surface area contributed by atoms with Crippen molar-refractivity contribution < 1.29 is 31.7 Å². The first-order valence-electron chi connectivity index (χ1n) is 11.1. The Labute approximate surface area is 231 Å². The number of hydrogen-bond acceptors (Lipinski definition) is 7. The van der Waals surface area contributed by atoms with Gasteiger partial charge < -0.3 is 15.4 Å². The molecule has 0 saturated heterocycles. The van der Waals surface area contributed by atoms with E-state index in [1.165, 1.54) is 36.7 Å². The Morgan fingerprint density at radius 2 is 1.90 bits per heavy atom. The Balaban J connectivity index is 1.86. The number of carbonyl (C=O) groups is 2. The van der Waals surface area contributed by atoms with Crippen molar-refractivity contribution in [3.63, 3.8) is 0 Å². The van der Waals surface area contributed by atoms with Crippen molar-refractivity contribution in [1.29, 1.82) is 4.78 Å². The molecule has 3 aromatic rings. The van der Waals surface area contributed by atoms with Crippen LogP contribution in [-0.4, -0.2) is 62.6 Å². The van der Waals surface area contributed by atoms with Crippen LogP contribution in [0, 0.1) is 11.7 Å². The summed E-state index contributed by atoms with van der Waals surface area (Å²) < 4.78 is 65.0. The average molecular weight is 607 g/mol. The number of halogens is 5. The summed E-state index contributed by atoms with van der Waals surface area (Å²) in [5, 5.41) is 8.70. The average Bonchev–Trinajstić information content (AvgIpc) is 3.28. The van der Waals surface area contributed by atoms with Crippen LogP contribution in [0.5, 0.6) is 0 Å². The summed E-state index contributed by atoms with van der Waals surface area (Å²) >= 11 is 12.2. The fourth-order valence-corrected chi connectivity index (χ4v) is 4.20. The van der Waals surface area contributed by atoms with Crippen LogP contribution in [-0.2, 0) is 20.6 Å². The molecule has 210 valence electrons. The number of pyridine rings is 1. The minimum absolute atomic E-state index is 0.0103. The lowest BCUT2D eigenvalue weighted by Gasteiger charge is -2.15. The van der Waals surface area contributed by atoms with E-state index in [1.54, 1.807) is 6.92 Å². The van der Waals surface area contributed by atoms with Crippen LogP contribution in [0.4, 0.5) is 18.9 Å². The molecular formula is C23H23Cl2F3N6O4S. The topological polar surface area (TPSA) is 139 Å². The summed E-state index contributed by atoms with van der Waals surface area (Å²) in [6, 6.07) is 6.15. The van der Waals surface area contributed by atoms with E-state index in [2.05, 4.69) is 20.7 Å². The molecule has 0 bridgehead atoms. The molecule has 3 N–H and O–H groups in total. The molecule has 2 aromatic heterocycles. The smallest absolute Gasteiger partial charge is 0.379 e. The molecule has 0 aliphatic carbocycles. The number of amides is 2. The highest BCUT2D eigenvalue weighted by molar-refractivity contribution is 7.91. The first-order chi connectivity index (χ1) is 18.2. The molecule has 0 spiro atoms. The summed E-state index contributed by atoms with van der Waals surface area (Å²) in [6.45, 7) is 1.73. The Kier molecular flexibility index (Phi) is 9.59. The Bertz CT molecular complexity index is 1500. The van der Waals surface area contributed by atoms with Crippen molar-refractivity contribution in [2.45, 2.75) is 13.1 Å². The molecule has 10 nitrogen and oxygen atoms in total. The normalized spacial score (nSPS) is 13.1. The summed E-state index contributed by atoms with van der Waals surface area (Å²) in [7, 11) is -2.70. The minimum Gasteiger partial charge on any atom is -0.379 e. The van der Waals surface area contributed by atoms with E-state index < -0.39 is 39.1 Å². The molecule has 0 saturated carbocycles. The second kappa shape index (κ2) is 12.3. The molecule has 0 fully saturated rings. The molecule has 3 rings (SSSR count). The molecule has 16 heteroatoms. The Morgan fingerprint density at radius 1 is 1.18 bits per heavy atom. The van der Waals surface area contributed by atoms with Crippen molar-refractivity contribution in [2.24, 2.45) is 0 Å². The third kappa shape index (κ3) is 8.14. The molecule has 0 radical (unpaired) electrons.